The average Bonchev–Trinajstić information content (AvgIpc) is 3.45. The fourth-order valence-corrected chi connectivity index (χ4v) is 10.8. The molecule has 0 unspecified atom stereocenters. The molecule has 0 aromatic heterocycles. The highest BCUT2D eigenvalue weighted by Gasteiger charge is 2.83. The molecular weight excluding hydrogens is 508 g/mol. The Hall–Kier alpha value is -1.88. The van der Waals surface area contributed by atoms with E-state index >= 15 is 0 Å². The summed E-state index contributed by atoms with van der Waals surface area (Å²) in [6.07, 6.45) is -1.75. The number of hydrogen-bond donors (Lipinski definition) is 1. The largest absolute Gasteiger partial charge is 0.459 e. The Bertz CT molecular complexity index is 1240. The van der Waals surface area contributed by atoms with Gasteiger partial charge in [0.15, 0.2) is 0 Å². The maximum absolute atomic E-state index is 14.8. The number of ketones is 2. The number of carbonyl (C=O) groups is 4. The van der Waals surface area contributed by atoms with Crippen LogP contribution in [0.5, 0.6) is 0 Å². The van der Waals surface area contributed by atoms with Crippen molar-refractivity contribution in [3.05, 3.63) is 0 Å². The number of fused-ring (bicyclic) bond motifs is 2. The number of carbonyl (C=O) groups excluding carboxylic acids is 4. The Kier molecular flexibility index (Phi) is 4.43. The van der Waals surface area contributed by atoms with Crippen molar-refractivity contribution in [3.63, 3.8) is 0 Å². The summed E-state index contributed by atoms with van der Waals surface area (Å²) < 4.78 is 32.0. The molecule has 2 aliphatic carbocycles. The maximum Gasteiger partial charge on any atom is 0.311 e. The van der Waals surface area contributed by atoms with Crippen molar-refractivity contribution in [3.8, 4) is 0 Å². The van der Waals surface area contributed by atoms with Crippen LogP contribution in [0.4, 0.5) is 0 Å². The van der Waals surface area contributed by atoms with Crippen LogP contribution >= 0.6 is 0 Å². The van der Waals surface area contributed by atoms with Gasteiger partial charge in [-0.1, -0.05) is 13.8 Å². The van der Waals surface area contributed by atoms with Gasteiger partial charge in [0.2, 0.25) is 11.6 Å². The van der Waals surface area contributed by atoms with E-state index in [9.17, 15) is 24.3 Å². The number of aliphatic hydroxyl groups excluding tert-OH is 1. The molecule has 0 radical (unpaired) electrons. The molecule has 39 heavy (non-hydrogen) atoms. The first-order valence-electron chi connectivity index (χ1n) is 14.5. The van der Waals surface area contributed by atoms with Crippen LogP contribution in [0.25, 0.3) is 0 Å². The van der Waals surface area contributed by atoms with Gasteiger partial charge in [-0.05, 0) is 40.0 Å². The van der Waals surface area contributed by atoms with Crippen molar-refractivity contribution in [1.29, 1.82) is 0 Å². The van der Waals surface area contributed by atoms with E-state index < -0.39 is 88.0 Å². The molecule has 6 heterocycles. The monoisotopic (exact) mass is 544 g/mol. The number of hydrogen-bond acceptors (Lipinski definition) is 10. The van der Waals surface area contributed by atoms with Gasteiger partial charge in [0, 0.05) is 35.5 Å². The van der Waals surface area contributed by atoms with Crippen LogP contribution in [0.1, 0.15) is 66.7 Å². The van der Waals surface area contributed by atoms with Crippen molar-refractivity contribution in [2.75, 3.05) is 0 Å². The first kappa shape index (κ1) is 24.9. The first-order chi connectivity index (χ1) is 18.2. The SMILES string of the molecule is C[C@@H]1C(=O)O[C@@H]2[C@@H]1O[C@@]13O[C@@]4(CC[C@]5(C)C(=O)[C@H](C)[C@@H]2[C@H]15)C[C@]12OC(=O)C[C@@H]1OC(C)(C)[C@@H]2C[C@H](O)[C@H]4C3=O. The topological polar surface area (TPSA) is 135 Å². The van der Waals surface area contributed by atoms with E-state index in [4.69, 9.17) is 23.7 Å². The number of Topliss-reactive ketones (excluding diaryl/α,β-unsaturated/α-hetero) is 2. The second-order valence-electron chi connectivity index (χ2n) is 14.4. The van der Waals surface area contributed by atoms with Gasteiger partial charge in [-0.2, -0.15) is 0 Å². The van der Waals surface area contributed by atoms with Crippen molar-refractivity contribution >= 4 is 23.5 Å². The van der Waals surface area contributed by atoms with Gasteiger partial charge in [-0.3, -0.25) is 19.2 Å². The number of ether oxygens (including phenoxy) is 5. The molecule has 1 N–H and O–H groups in total. The molecule has 0 aromatic carbocycles. The predicted molar refractivity (Wildman–Crippen MR) is 129 cm³/mol. The zero-order valence-corrected chi connectivity index (χ0v) is 22.9. The molecule has 2 bridgehead atoms. The van der Waals surface area contributed by atoms with Crippen LogP contribution < -0.4 is 0 Å². The molecule has 6 saturated heterocycles. The molecular formula is C29H36O10. The fraction of sp³-hybridized carbons (Fsp3) is 0.862. The van der Waals surface area contributed by atoms with Crippen molar-refractivity contribution in [2.45, 2.75) is 114 Å². The summed E-state index contributed by atoms with van der Waals surface area (Å²) in [5, 5.41) is 11.8. The zero-order chi connectivity index (χ0) is 27.7. The Labute approximate surface area is 226 Å². The number of rotatable bonds is 0. The van der Waals surface area contributed by atoms with Crippen molar-refractivity contribution in [1.82, 2.24) is 0 Å². The molecule has 8 rings (SSSR count). The minimum absolute atomic E-state index is 0.0225. The zero-order valence-electron chi connectivity index (χ0n) is 22.9. The van der Waals surface area contributed by atoms with Gasteiger partial charge in [-0.15, -0.1) is 0 Å². The lowest BCUT2D eigenvalue weighted by Gasteiger charge is -2.50. The Morgan fingerprint density at radius 1 is 0.923 bits per heavy atom. The van der Waals surface area contributed by atoms with Gasteiger partial charge >= 0.3 is 11.9 Å². The summed E-state index contributed by atoms with van der Waals surface area (Å²) in [5.74, 6) is -6.35. The van der Waals surface area contributed by atoms with Crippen LogP contribution in [-0.4, -0.2) is 75.6 Å². The maximum atomic E-state index is 14.8. The van der Waals surface area contributed by atoms with Gasteiger partial charge in [0.05, 0.1) is 35.6 Å². The molecule has 3 spiro atoms. The van der Waals surface area contributed by atoms with E-state index in [0.29, 0.717) is 12.8 Å². The number of esters is 2. The highest BCUT2D eigenvalue weighted by Crippen LogP contribution is 2.71. The van der Waals surface area contributed by atoms with E-state index in [0.717, 1.165) is 0 Å². The molecule has 10 nitrogen and oxygen atoms in total. The first-order valence-corrected chi connectivity index (χ1v) is 14.5. The van der Waals surface area contributed by atoms with Gasteiger partial charge in [-0.25, -0.2) is 0 Å². The molecule has 212 valence electrons. The molecule has 14 atom stereocenters. The van der Waals surface area contributed by atoms with Gasteiger partial charge in [0.1, 0.15) is 29.7 Å². The summed E-state index contributed by atoms with van der Waals surface area (Å²) in [6.45, 7) is 9.33. The van der Waals surface area contributed by atoms with E-state index in [2.05, 4.69) is 0 Å². The fourth-order valence-electron chi connectivity index (χ4n) is 10.8. The minimum Gasteiger partial charge on any atom is -0.459 e. The van der Waals surface area contributed by atoms with Crippen molar-refractivity contribution < 1.29 is 48.0 Å². The van der Waals surface area contributed by atoms with Crippen LogP contribution in [0.15, 0.2) is 0 Å². The molecule has 8 fully saturated rings. The summed E-state index contributed by atoms with van der Waals surface area (Å²) in [5.41, 5.74) is -3.91. The van der Waals surface area contributed by atoms with Crippen LogP contribution in [0.2, 0.25) is 0 Å². The third-order valence-electron chi connectivity index (χ3n) is 12.3. The quantitative estimate of drug-likeness (QED) is 0.447. The molecule has 10 heteroatoms. The summed E-state index contributed by atoms with van der Waals surface area (Å²) >= 11 is 0. The highest BCUT2D eigenvalue weighted by molar-refractivity contribution is 5.97. The van der Waals surface area contributed by atoms with Crippen LogP contribution in [0, 0.1) is 40.9 Å². The predicted octanol–water partition coefficient (Wildman–Crippen LogP) is 1.48. The van der Waals surface area contributed by atoms with Gasteiger partial charge < -0.3 is 28.8 Å². The Morgan fingerprint density at radius 2 is 1.67 bits per heavy atom. The van der Waals surface area contributed by atoms with E-state index in [1.54, 1.807) is 6.92 Å². The second-order valence-corrected chi connectivity index (χ2v) is 14.4. The van der Waals surface area contributed by atoms with Crippen LogP contribution in [0.3, 0.4) is 0 Å². The standard InChI is InChI=1S/C29H36O10/c1-11-17-20-19(12(2)24(34)35-20)38-29-21(17)26(5,22(11)32)6-7-27(39-29)10-28-14(8-13(30)18(27)23(29)33)25(3,4)36-15(28)9-16(31)37-28/h11-15,17-21,30H,6-10H2,1-5H3/t11-,12+,13+,14+,15+,17+,18+,19-,20+,21+,26+,27+,28-,29-/m1/s1. The molecule has 2 saturated carbocycles. The minimum atomic E-state index is -1.80. The normalized spacial score (nSPS) is 59.9. The van der Waals surface area contributed by atoms with E-state index in [1.807, 2.05) is 27.7 Å². The highest BCUT2D eigenvalue weighted by atomic mass is 16.7. The summed E-state index contributed by atoms with van der Waals surface area (Å²) in [6, 6.07) is 0. The van der Waals surface area contributed by atoms with Crippen LogP contribution in [-0.2, 0) is 42.9 Å². The van der Waals surface area contributed by atoms with E-state index in [1.165, 1.54) is 0 Å². The number of aliphatic hydroxyl groups is 1. The molecule has 6 aliphatic heterocycles. The van der Waals surface area contributed by atoms with Crippen molar-refractivity contribution in [2.24, 2.45) is 40.9 Å². The lowest BCUT2D eigenvalue weighted by molar-refractivity contribution is -0.331. The third-order valence-corrected chi connectivity index (χ3v) is 12.3. The smallest absolute Gasteiger partial charge is 0.311 e. The lowest BCUT2D eigenvalue weighted by Crippen LogP contribution is -2.64. The Balaban J connectivity index is 1.32. The Morgan fingerprint density at radius 3 is 2.41 bits per heavy atom. The summed E-state index contributed by atoms with van der Waals surface area (Å²) in [4.78, 5) is 54.1. The third kappa shape index (κ3) is 2.56. The second kappa shape index (κ2) is 6.94. The molecule has 0 aromatic rings. The summed E-state index contributed by atoms with van der Waals surface area (Å²) in [7, 11) is 0. The lowest BCUT2D eigenvalue weighted by atomic mass is 9.60. The van der Waals surface area contributed by atoms with Gasteiger partial charge in [0.25, 0.3) is 0 Å². The average molecular weight is 545 g/mol. The van der Waals surface area contributed by atoms with E-state index in [-0.39, 0.29) is 42.7 Å². The molecule has 8 aliphatic rings. The molecule has 0 amide bonds.